The summed E-state index contributed by atoms with van der Waals surface area (Å²) in [6.45, 7) is 2.66. The molecule has 1 N–H and O–H groups in total. The van der Waals surface area contributed by atoms with Gasteiger partial charge in [-0.05, 0) is 54.7 Å². The normalized spacial score (nSPS) is 19.8. The Morgan fingerprint density at radius 3 is 2.62 bits per heavy atom. The molecule has 2 heterocycles. The molecular formula is C20H22N2O2. The first-order valence-corrected chi connectivity index (χ1v) is 8.64. The molecule has 124 valence electrons. The minimum absolute atomic E-state index is 0.0350. The molecule has 0 bridgehead atoms. The lowest BCUT2D eigenvalue weighted by molar-refractivity contribution is -0.124. The average molecular weight is 322 g/mol. The first-order valence-electron chi connectivity index (χ1n) is 8.64. The number of benzene rings is 2. The van der Waals surface area contributed by atoms with Crippen molar-refractivity contribution in [1.82, 2.24) is 0 Å². The van der Waals surface area contributed by atoms with E-state index >= 15 is 0 Å². The van der Waals surface area contributed by atoms with Crippen LogP contribution >= 0.6 is 0 Å². The quantitative estimate of drug-likeness (QED) is 0.942. The van der Waals surface area contributed by atoms with Gasteiger partial charge >= 0.3 is 0 Å². The van der Waals surface area contributed by atoms with Crippen LogP contribution in [0.4, 0.5) is 11.4 Å². The Morgan fingerprint density at radius 2 is 1.88 bits per heavy atom. The van der Waals surface area contributed by atoms with Gasteiger partial charge in [-0.25, -0.2) is 0 Å². The smallest absolute Gasteiger partial charge is 0.253 e. The topological polar surface area (TPSA) is 41.6 Å². The highest BCUT2D eigenvalue weighted by Crippen LogP contribution is 2.25. The van der Waals surface area contributed by atoms with Crippen LogP contribution in [0.25, 0.3) is 0 Å². The highest BCUT2D eigenvalue weighted by Gasteiger charge is 2.23. The number of hydrogen-bond donors (Lipinski definition) is 1. The van der Waals surface area contributed by atoms with Crippen molar-refractivity contribution < 1.29 is 9.53 Å². The SMILES string of the molecule is O=C(Nc1ccc(N2CCc3ccccc3C2)cc1)C1CCCO1. The number of rotatable bonds is 3. The summed E-state index contributed by atoms with van der Waals surface area (Å²) in [6.07, 6.45) is 2.57. The lowest BCUT2D eigenvalue weighted by atomic mass is 9.99. The predicted octanol–water partition coefficient (Wildman–Crippen LogP) is 3.37. The number of hydrogen-bond acceptors (Lipinski definition) is 3. The number of nitrogens with one attached hydrogen (secondary N) is 1. The van der Waals surface area contributed by atoms with E-state index in [-0.39, 0.29) is 12.0 Å². The van der Waals surface area contributed by atoms with Gasteiger partial charge in [-0.2, -0.15) is 0 Å². The molecule has 0 aliphatic carbocycles. The lowest BCUT2D eigenvalue weighted by Crippen LogP contribution is -2.30. The van der Waals surface area contributed by atoms with Gasteiger partial charge in [0.1, 0.15) is 6.10 Å². The third-order valence-electron chi connectivity index (χ3n) is 4.85. The molecule has 0 aromatic heterocycles. The molecule has 4 heteroatoms. The number of carbonyl (C=O) groups excluding carboxylic acids is 1. The zero-order valence-electron chi connectivity index (χ0n) is 13.7. The van der Waals surface area contributed by atoms with Gasteiger partial charge in [0.15, 0.2) is 0 Å². The Balaban J connectivity index is 1.42. The zero-order valence-corrected chi connectivity index (χ0v) is 13.7. The van der Waals surface area contributed by atoms with Crippen molar-refractivity contribution in [1.29, 1.82) is 0 Å². The van der Waals surface area contributed by atoms with Crippen molar-refractivity contribution in [3.05, 3.63) is 59.7 Å². The molecule has 0 radical (unpaired) electrons. The first-order chi connectivity index (χ1) is 11.8. The van der Waals surface area contributed by atoms with E-state index in [1.54, 1.807) is 0 Å². The van der Waals surface area contributed by atoms with Crippen molar-refractivity contribution in [2.75, 3.05) is 23.4 Å². The summed E-state index contributed by atoms with van der Waals surface area (Å²) in [5.41, 5.74) is 4.88. The molecule has 2 aliphatic heterocycles. The molecule has 2 aromatic carbocycles. The number of carbonyl (C=O) groups is 1. The zero-order chi connectivity index (χ0) is 16.4. The maximum atomic E-state index is 12.1. The predicted molar refractivity (Wildman–Crippen MR) is 95.2 cm³/mol. The fourth-order valence-corrected chi connectivity index (χ4v) is 3.48. The summed E-state index contributed by atoms with van der Waals surface area (Å²) in [6, 6.07) is 16.8. The summed E-state index contributed by atoms with van der Waals surface area (Å²) < 4.78 is 5.42. The van der Waals surface area contributed by atoms with Crippen LogP contribution in [0, 0.1) is 0 Å². The van der Waals surface area contributed by atoms with Gasteiger partial charge < -0.3 is 15.0 Å². The van der Waals surface area contributed by atoms with Crippen LogP contribution in [0.5, 0.6) is 0 Å². The third kappa shape index (κ3) is 3.15. The molecule has 1 saturated heterocycles. The molecule has 0 spiro atoms. The summed E-state index contributed by atoms with van der Waals surface area (Å²) in [5.74, 6) is -0.0350. The van der Waals surface area contributed by atoms with Gasteiger partial charge in [0.05, 0.1) is 0 Å². The van der Waals surface area contributed by atoms with Crippen LogP contribution in [-0.2, 0) is 22.5 Å². The van der Waals surface area contributed by atoms with E-state index in [9.17, 15) is 4.79 Å². The summed E-state index contributed by atoms with van der Waals surface area (Å²) in [5, 5.41) is 2.95. The number of amides is 1. The van der Waals surface area contributed by atoms with Crippen molar-refractivity contribution in [2.24, 2.45) is 0 Å². The van der Waals surface area contributed by atoms with E-state index in [4.69, 9.17) is 4.74 Å². The maximum Gasteiger partial charge on any atom is 0.253 e. The molecule has 0 saturated carbocycles. The second-order valence-corrected chi connectivity index (χ2v) is 6.48. The fraction of sp³-hybridized carbons (Fsp3) is 0.350. The second kappa shape index (κ2) is 6.65. The van der Waals surface area contributed by atoms with E-state index < -0.39 is 0 Å². The van der Waals surface area contributed by atoms with Crippen molar-refractivity contribution >= 4 is 17.3 Å². The number of fused-ring (bicyclic) bond motifs is 1. The van der Waals surface area contributed by atoms with Gasteiger partial charge in [-0.15, -0.1) is 0 Å². The highest BCUT2D eigenvalue weighted by molar-refractivity contribution is 5.94. The molecule has 2 aliphatic rings. The van der Waals surface area contributed by atoms with Crippen LogP contribution < -0.4 is 10.2 Å². The summed E-state index contributed by atoms with van der Waals surface area (Å²) in [4.78, 5) is 14.5. The Hall–Kier alpha value is -2.33. The van der Waals surface area contributed by atoms with E-state index in [1.807, 2.05) is 12.1 Å². The molecular weight excluding hydrogens is 300 g/mol. The molecule has 1 amide bonds. The Bertz CT molecular complexity index is 721. The Labute approximate surface area is 142 Å². The maximum absolute atomic E-state index is 12.1. The van der Waals surface area contributed by atoms with E-state index in [0.717, 1.165) is 38.0 Å². The molecule has 2 aromatic rings. The van der Waals surface area contributed by atoms with Crippen LogP contribution in [-0.4, -0.2) is 25.2 Å². The van der Waals surface area contributed by atoms with Gasteiger partial charge in [-0.3, -0.25) is 4.79 Å². The van der Waals surface area contributed by atoms with E-state index in [1.165, 1.54) is 16.8 Å². The highest BCUT2D eigenvalue weighted by atomic mass is 16.5. The van der Waals surface area contributed by atoms with Crippen LogP contribution in [0.1, 0.15) is 24.0 Å². The van der Waals surface area contributed by atoms with Crippen LogP contribution in [0.15, 0.2) is 48.5 Å². The van der Waals surface area contributed by atoms with Gasteiger partial charge in [0.25, 0.3) is 5.91 Å². The second-order valence-electron chi connectivity index (χ2n) is 6.48. The molecule has 1 atom stereocenters. The number of ether oxygens (including phenoxy) is 1. The van der Waals surface area contributed by atoms with Gasteiger partial charge in [0, 0.05) is 31.1 Å². The van der Waals surface area contributed by atoms with Crippen molar-refractivity contribution in [3.63, 3.8) is 0 Å². The molecule has 4 rings (SSSR count). The van der Waals surface area contributed by atoms with Gasteiger partial charge in [-0.1, -0.05) is 24.3 Å². The summed E-state index contributed by atoms with van der Waals surface area (Å²) >= 11 is 0. The van der Waals surface area contributed by atoms with E-state index in [0.29, 0.717) is 6.61 Å². The fourth-order valence-electron chi connectivity index (χ4n) is 3.48. The monoisotopic (exact) mass is 322 g/mol. The standard InChI is InChI=1S/C20H22N2O2/c23-20(19-6-3-13-24-19)21-17-7-9-18(10-8-17)22-12-11-15-4-1-2-5-16(15)14-22/h1-2,4-5,7-10,19H,3,6,11-14H2,(H,21,23). The number of anilines is 2. The third-order valence-corrected chi connectivity index (χ3v) is 4.85. The first kappa shape index (κ1) is 15.2. The van der Waals surface area contributed by atoms with E-state index in [2.05, 4.69) is 46.6 Å². The largest absolute Gasteiger partial charge is 0.368 e. The average Bonchev–Trinajstić information content (AvgIpc) is 3.17. The van der Waals surface area contributed by atoms with Crippen LogP contribution in [0.2, 0.25) is 0 Å². The minimum Gasteiger partial charge on any atom is -0.368 e. The van der Waals surface area contributed by atoms with Crippen molar-refractivity contribution in [2.45, 2.75) is 31.9 Å². The summed E-state index contributed by atoms with van der Waals surface area (Å²) in [7, 11) is 0. The molecule has 24 heavy (non-hydrogen) atoms. The van der Waals surface area contributed by atoms with Crippen LogP contribution in [0.3, 0.4) is 0 Å². The van der Waals surface area contributed by atoms with Crippen molar-refractivity contribution in [3.8, 4) is 0 Å². The lowest BCUT2D eigenvalue weighted by Gasteiger charge is -2.30. The van der Waals surface area contributed by atoms with Gasteiger partial charge in [0.2, 0.25) is 0 Å². The molecule has 1 fully saturated rings. The Kier molecular flexibility index (Phi) is 4.22. The molecule has 4 nitrogen and oxygen atoms in total. The minimum atomic E-state index is -0.289. The molecule has 1 unspecified atom stereocenters. The Morgan fingerprint density at radius 1 is 1.08 bits per heavy atom. The number of nitrogens with zero attached hydrogens (tertiary/aromatic N) is 1.